The largest absolute Gasteiger partial charge is 0.504 e. The SMILES string of the molecule is CO[C@@]12CC[C@H](N[C@@H](CCCCN)C(=O)O)[C@@H]3Oc4c(O)ccc5c4[C@@]31CCN(C)[C@@H]2C5.Cl.Cl.Cl. The first kappa shape index (κ1) is 30.2. The first-order valence-electron chi connectivity index (χ1n) is 11.9. The van der Waals surface area contributed by atoms with Gasteiger partial charge in [-0.1, -0.05) is 12.5 Å². The molecule has 2 aliphatic heterocycles. The molecule has 5 N–H and O–H groups in total. The van der Waals surface area contributed by atoms with Gasteiger partial charge in [-0.25, -0.2) is 0 Å². The number of likely N-dealkylation sites (tertiary alicyclic amines) is 1. The number of nitrogens with one attached hydrogen (secondary N) is 1. The third-order valence-electron chi connectivity index (χ3n) is 8.71. The highest BCUT2D eigenvalue weighted by Gasteiger charge is 2.73. The van der Waals surface area contributed by atoms with Gasteiger partial charge in [-0.2, -0.15) is 0 Å². The van der Waals surface area contributed by atoms with Crippen LogP contribution in [-0.4, -0.2) is 78.2 Å². The zero-order valence-electron chi connectivity index (χ0n) is 20.2. The van der Waals surface area contributed by atoms with Crippen LogP contribution in [0.5, 0.6) is 11.5 Å². The molecule has 0 radical (unpaired) electrons. The summed E-state index contributed by atoms with van der Waals surface area (Å²) in [6.45, 7) is 1.48. The predicted molar refractivity (Wildman–Crippen MR) is 141 cm³/mol. The Kier molecular flexibility index (Phi) is 9.65. The molecule has 2 bridgehead atoms. The van der Waals surface area contributed by atoms with Gasteiger partial charge in [0, 0.05) is 24.8 Å². The molecule has 5 rings (SSSR count). The molecule has 4 aliphatic rings. The first-order chi connectivity index (χ1) is 15.4. The van der Waals surface area contributed by atoms with Gasteiger partial charge in [0.05, 0.1) is 11.0 Å². The molecule has 1 aromatic rings. The van der Waals surface area contributed by atoms with Crippen molar-refractivity contribution in [1.82, 2.24) is 10.2 Å². The molecule has 35 heavy (non-hydrogen) atoms. The Balaban J connectivity index is 0.00000144. The van der Waals surface area contributed by atoms with Crippen molar-refractivity contribution >= 4 is 43.2 Å². The van der Waals surface area contributed by atoms with Gasteiger partial charge in [-0.15, -0.1) is 37.2 Å². The van der Waals surface area contributed by atoms with E-state index in [-0.39, 0.29) is 61.2 Å². The summed E-state index contributed by atoms with van der Waals surface area (Å²) in [4.78, 5) is 14.4. The minimum atomic E-state index is -0.841. The fourth-order valence-electron chi connectivity index (χ4n) is 7.34. The lowest BCUT2D eigenvalue weighted by Crippen LogP contribution is -2.78. The van der Waals surface area contributed by atoms with Crippen molar-refractivity contribution in [3.8, 4) is 11.5 Å². The predicted octanol–water partition coefficient (Wildman–Crippen LogP) is 2.64. The van der Waals surface area contributed by atoms with Crippen molar-refractivity contribution in [2.45, 2.75) is 80.2 Å². The van der Waals surface area contributed by atoms with Crippen LogP contribution in [-0.2, 0) is 21.4 Å². The standard InChI is InChI=1S/C24H35N3O5.3ClH/c1-27-12-10-23-19-14-6-7-17(28)20(19)32-21(23)15(8-9-24(23,31-2)18(27)13-14)26-16(22(29)30)5-3-4-11-25;;;/h6-7,15-16,18,21,26,28H,3-5,8-13,25H2,1-2H3,(H,29,30);3*1H/t15-,16-,18+,21-,23-,24+;;;/m0.../s1. The van der Waals surface area contributed by atoms with E-state index >= 15 is 0 Å². The fraction of sp³-hybridized carbons (Fsp3) is 0.708. The molecule has 2 aliphatic carbocycles. The molecule has 1 saturated heterocycles. The van der Waals surface area contributed by atoms with Crippen molar-refractivity contribution in [3.63, 3.8) is 0 Å². The van der Waals surface area contributed by atoms with E-state index in [9.17, 15) is 15.0 Å². The number of hydrogen-bond donors (Lipinski definition) is 4. The fourth-order valence-corrected chi connectivity index (χ4v) is 7.34. The number of rotatable bonds is 8. The van der Waals surface area contributed by atoms with Crippen LogP contribution in [0.15, 0.2) is 12.1 Å². The minimum absolute atomic E-state index is 0. The van der Waals surface area contributed by atoms with Gasteiger partial charge >= 0.3 is 5.97 Å². The van der Waals surface area contributed by atoms with Gasteiger partial charge in [-0.05, 0) is 70.3 Å². The van der Waals surface area contributed by atoms with Crippen molar-refractivity contribution in [1.29, 1.82) is 0 Å². The number of hydrogen-bond acceptors (Lipinski definition) is 7. The average Bonchev–Trinajstić information content (AvgIpc) is 3.14. The van der Waals surface area contributed by atoms with E-state index in [0.29, 0.717) is 18.7 Å². The van der Waals surface area contributed by atoms with E-state index in [1.807, 2.05) is 6.07 Å². The number of carbonyl (C=O) groups is 1. The summed E-state index contributed by atoms with van der Waals surface area (Å²) in [5, 5.41) is 24.0. The van der Waals surface area contributed by atoms with Gasteiger partial charge in [0.2, 0.25) is 0 Å². The smallest absolute Gasteiger partial charge is 0.320 e. The van der Waals surface area contributed by atoms with Crippen LogP contribution < -0.4 is 15.8 Å². The van der Waals surface area contributed by atoms with E-state index in [0.717, 1.165) is 50.6 Å². The Morgan fingerprint density at radius 1 is 1.31 bits per heavy atom. The first-order valence-corrected chi connectivity index (χ1v) is 11.9. The molecular formula is C24H38Cl3N3O5. The van der Waals surface area contributed by atoms with Crippen LogP contribution in [0, 0.1) is 0 Å². The number of phenols is 1. The van der Waals surface area contributed by atoms with E-state index in [4.69, 9.17) is 15.2 Å². The molecule has 200 valence electrons. The second kappa shape index (κ2) is 11.2. The molecular weight excluding hydrogens is 517 g/mol. The number of carboxylic acids is 1. The van der Waals surface area contributed by atoms with Crippen LogP contribution in [0.4, 0.5) is 0 Å². The van der Waals surface area contributed by atoms with Crippen LogP contribution in [0.25, 0.3) is 0 Å². The number of nitrogens with two attached hydrogens (primary N) is 1. The van der Waals surface area contributed by atoms with Crippen molar-refractivity contribution in [2.24, 2.45) is 5.73 Å². The summed E-state index contributed by atoms with van der Waals surface area (Å²) in [7, 11) is 3.97. The lowest BCUT2D eigenvalue weighted by atomic mass is 9.48. The maximum absolute atomic E-state index is 12.0. The Morgan fingerprint density at radius 3 is 2.71 bits per heavy atom. The number of ether oxygens (including phenoxy) is 2. The van der Waals surface area contributed by atoms with Crippen molar-refractivity contribution < 1.29 is 24.5 Å². The van der Waals surface area contributed by atoms with Gasteiger partial charge in [-0.3, -0.25) is 10.1 Å². The maximum atomic E-state index is 12.0. The minimum Gasteiger partial charge on any atom is -0.504 e. The van der Waals surface area contributed by atoms with Crippen molar-refractivity contribution in [3.05, 3.63) is 23.3 Å². The Hall–Kier alpha value is -1.000. The second-order valence-electron chi connectivity index (χ2n) is 9.99. The van der Waals surface area contributed by atoms with E-state index < -0.39 is 23.0 Å². The number of methoxy groups -OCH3 is 1. The summed E-state index contributed by atoms with van der Waals surface area (Å²) in [5.74, 6) is -0.112. The third kappa shape index (κ3) is 4.19. The number of halogens is 3. The molecule has 0 aromatic heterocycles. The highest BCUT2D eigenvalue weighted by molar-refractivity contribution is 5.86. The number of carboxylic acid groups (broad SMARTS) is 1. The van der Waals surface area contributed by atoms with Gasteiger partial charge in [0.1, 0.15) is 12.1 Å². The summed E-state index contributed by atoms with van der Waals surface area (Å²) in [6, 6.07) is 3.18. The number of aliphatic carboxylic acids is 1. The Bertz CT molecular complexity index is 925. The number of phenolic OH excluding ortho intramolecular Hbond substituents is 1. The monoisotopic (exact) mass is 553 g/mol. The van der Waals surface area contributed by atoms with Gasteiger partial charge in [0.25, 0.3) is 0 Å². The molecule has 0 amide bonds. The quantitative estimate of drug-likeness (QED) is 0.362. The number of piperidine rings is 1. The lowest BCUT2D eigenvalue weighted by Gasteiger charge is -2.65. The molecule has 11 heteroatoms. The van der Waals surface area contributed by atoms with E-state index in [2.05, 4.69) is 17.3 Å². The average molecular weight is 555 g/mol. The molecule has 2 heterocycles. The van der Waals surface area contributed by atoms with Crippen LogP contribution in [0.2, 0.25) is 0 Å². The maximum Gasteiger partial charge on any atom is 0.320 e. The summed E-state index contributed by atoms with van der Waals surface area (Å²) in [6.07, 6.45) is 5.12. The van der Waals surface area contributed by atoms with Gasteiger partial charge < -0.3 is 30.3 Å². The zero-order chi connectivity index (χ0) is 22.7. The van der Waals surface area contributed by atoms with Crippen molar-refractivity contribution in [2.75, 3.05) is 27.2 Å². The second-order valence-corrected chi connectivity index (χ2v) is 9.99. The third-order valence-corrected chi connectivity index (χ3v) is 8.71. The molecule has 2 fully saturated rings. The van der Waals surface area contributed by atoms with Gasteiger partial charge in [0.15, 0.2) is 11.5 Å². The molecule has 8 nitrogen and oxygen atoms in total. The Labute approximate surface area is 225 Å². The summed E-state index contributed by atoms with van der Waals surface area (Å²) in [5.41, 5.74) is 7.08. The summed E-state index contributed by atoms with van der Waals surface area (Å²) < 4.78 is 13.0. The molecule has 6 atom stereocenters. The molecule has 0 unspecified atom stereocenters. The number of likely N-dealkylation sites (N-methyl/N-ethyl adjacent to an activating group) is 1. The van der Waals surface area contributed by atoms with Crippen LogP contribution >= 0.6 is 37.2 Å². The highest BCUT2D eigenvalue weighted by atomic mass is 35.5. The van der Waals surface area contributed by atoms with E-state index in [1.54, 1.807) is 13.2 Å². The molecule has 1 spiro atoms. The number of benzene rings is 1. The molecule has 1 saturated carbocycles. The van der Waals surface area contributed by atoms with E-state index in [1.165, 1.54) is 5.56 Å². The summed E-state index contributed by atoms with van der Waals surface area (Å²) >= 11 is 0. The normalized spacial score (nSPS) is 32.7. The topological polar surface area (TPSA) is 117 Å². The van der Waals surface area contributed by atoms with Crippen LogP contribution in [0.1, 0.15) is 49.7 Å². The molecule has 1 aromatic carbocycles. The van der Waals surface area contributed by atoms with Crippen LogP contribution in [0.3, 0.4) is 0 Å². The number of unbranched alkanes of at least 4 members (excludes halogenated alkanes) is 1. The number of nitrogens with zero attached hydrogens (tertiary/aromatic N) is 1. The highest BCUT2D eigenvalue weighted by Crippen LogP contribution is 2.66. The Morgan fingerprint density at radius 2 is 2.06 bits per heavy atom. The lowest BCUT2D eigenvalue weighted by molar-refractivity contribution is -0.204. The number of aromatic hydroxyl groups is 1. The zero-order valence-corrected chi connectivity index (χ0v) is 22.6.